The van der Waals surface area contributed by atoms with Gasteiger partial charge in [0.2, 0.25) is 5.91 Å². The maximum atomic E-state index is 12.8. The molecule has 2 amide bonds. The Labute approximate surface area is 147 Å². The Morgan fingerprint density at radius 2 is 1.84 bits per heavy atom. The molecule has 0 saturated carbocycles. The number of anilines is 1. The number of carbonyl (C=O) groups excluding carboxylic acids is 2. The molecule has 126 valence electrons. The number of nitrogens with zero attached hydrogens (tertiary/aromatic N) is 3. The van der Waals surface area contributed by atoms with Crippen LogP contribution in [0.1, 0.15) is 28.4 Å². The predicted octanol–water partition coefficient (Wildman–Crippen LogP) is 2.61. The van der Waals surface area contributed by atoms with Gasteiger partial charge in [0.25, 0.3) is 5.91 Å². The van der Waals surface area contributed by atoms with Crippen molar-refractivity contribution in [2.45, 2.75) is 13.3 Å². The molecule has 5 heteroatoms. The maximum Gasteiger partial charge on any atom is 0.254 e. The highest BCUT2D eigenvalue weighted by Gasteiger charge is 2.29. The number of nitriles is 1. The standard InChI is InChI=1S/C20H19N3O2/c1-2-16-5-3-4-6-18(16)20(25)22-11-12-23(19(24)14-22)17-9-7-15(13-21)8-10-17/h3-10H,2,11-12,14H2,1H3. The van der Waals surface area contributed by atoms with Crippen LogP contribution in [-0.4, -0.2) is 36.3 Å². The number of piperazine rings is 1. The number of benzene rings is 2. The van der Waals surface area contributed by atoms with Gasteiger partial charge in [-0.2, -0.15) is 5.26 Å². The number of carbonyl (C=O) groups is 2. The third-order valence-electron chi connectivity index (χ3n) is 4.44. The zero-order valence-corrected chi connectivity index (χ0v) is 14.1. The van der Waals surface area contributed by atoms with Crippen molar-refractivity contribution in [3.8, 4) is 6.07 Å². The molecule has 1 aliphatic rings. The summed E-state index contributed by atoms with van der Waals surface area (Å²) in [6, 6.07) is 16.5. The van der Waals surface area contributed by atoms with Gasteiger partial charge in [-0.05, 0) is 42.3 Å². The van der Waals surface area contributed by atoms with Crippen molar-refractivity contribution in [2.75, 3.05) is 24.5 Å². The van der Waals surface area contributed by atoms with Crippen molar-refractivity contribution in [3.05, 3.63) is 65.2 Å². The Balaban J connectivity index is 1.74. The summed E-state index contributed by atoms with van der Waals surface area (Å²) in [6.07, 6.45) is 0.779. The lowest BCUT2D eigenvalue weighted by atomic mass is 10.0. The molecule has 0 atom stereocenters. The number of amides is 2. The topological polar surface area (TPSA) is 64.4 Å². The molecular weight excluding hydrogens is 314 g/mol. The Morgan fingerprint density at radius 3 is 2.48 bits per heavy atom. The van der Waals surface area contributed by atoms with Crippen molar-refractivity contribution in [1.82, 2.24) is 4.90 Å². The van der Waals surface area contributed by atoms with Crippen molar-refractivity contribution in [1.29, 1.82) is 5.26 Å². The second-order valence-corrected chi connectivity index (χ2v) is 5.94. The van der Waals surface area contributed by atoms with E-state index in [9.17, 15) is 9.59 Å². The van der Waals surface area contributed by atoms with Crippen LogP contribution in [0.15, 0.2) is 48.5 Å². The first-order valence-corrected chi connectivity index (χ1v) is 8.31. The van der Waals surface area contributed by atoms with Crippen LogP contribution in [0.4, 0.5) is 5.69 Å². The minimum Gasteiger partial charge on any atom is -0.328 e. The second kappa shape index (κ2) is 7.18. The zero-order chi connectivity index (χ0) is 17.8. The average molecular weight is 333 g/mol. The summed E-state index contributed by atoms with van der Waals surface area (Å²) in [5, 5.41) is 8.86. The van der Waals surface area contributed by atoms with Gasteiger partial charge < -0.3 is 9.80 Å². The minimum atomic E-state index is -0.113. The molecule has 0 N–H and O–H groups in total. The van der Waals surface area contributed by atoms with Crippen molar-refractivity contribution >= 4 is 17.5 Å². The smallest absolute Gasteiger partial charge is 0.254 e. The molecule has 2 aromatic carbocycles. The van der Waals surface area contributed by atoms with Gasteiger partial charge in [-0.15, -0.1) is 0 Å². The molecule has 2 aromatic rings. The first kappa shape index (κ1) is 16.7. The van der Waals surface area contributed by atoms with Gasteiger partial charge in [0.1, 0.15) is 6.54 Å². The highest BCUT2D eigenvalue weighted by molar-refractivity contribution is 6.02. The summed E-state index contributed by atoms with van der Waals surface area (Å²) >= 11 is 0. The average Bonchev–Trinajstić information content (AvgIpc) is 2.67. The summed E-state index contributed by atoms with van der Waals surface area (Å²) in [6.45, 7) is 3.02. The van der Waals surface area contributed by atoms with Crippen LogP contribution >= 0.6 is 0 Å². The molecule has 0 aromatic heterocycles. The Bertz CT molecular complexity index is 837. The normalized spacial score (nSPS) is 14.3. The SMILES string of the molecule is CCc1ccccc1C(=O)N1CCN(c2ccc(C#N)cc2)C(=O)C1. The molecule has 1 aliphatic heterocycles. The van der Waals surface area contributed by atoms with E-state index in [0.717, 1.165) is 17.7 Å². The molecule has 1 saturated heterocycles. The summed E-state index contributed by atoms with van der Waals surface area (Å²) in [5.74, 6) is -0.205. The van der Waals surface area contributed by atoms with Crippen LogP contribution in [0.3, 0.4) is 0 Å². The van der Waals surface area contributed by atoms with Crippen LogP contribution in [0, 0.1) is 11.3 Å². The van der Waals surface area contributed by atoms with Crippen LogP contribution < -0.4 is 4.90 Å². The number of rotatable bonds is 3. The minimum absolute atomic E-state index is 0.0664. The monoisotopic (exact) mass is 333 g/mol. The molecule has 0 radical (unpaired) electrons. The lowest BCUT2D eigenvalue weighted by Crippen LogP contribution is -2.52. The lowest BCUT2D eigenvalue weighted by molar-refractivity contribution is -0.120. The van der Waals surface area contributed by atoms with E-state index in [1.807, 2.05) is 31.2 Å². The molecule has 1 fully saturated rings. The van der Waals surface area contributed by atoms with Gasteiger partial charge in [0.05, 0.1) is 11.6 Å². The molecule has 0 bridgehead atoms. The summed E-state index contributed by atoms with van der Waals surface area (Å²) < 4.78 is 0. The predicted molar refractivity (Wildman–Crippen MR) is 95.2 cm³/mol. The van der Waals surface area contributed by atoms with Crippen LogP contribution in [0.25, 0.3) is 0 Å². The maximum absolute atomic E-state index is 12.8. The van der Waals surface area contributed by atoms with Gasteiger partial charge in [0.15, 0.2) is 0 Å². The Morgan fingerprint density at radius 1 is 1.12 bits per heavy atom. The van der Waals surface area contributed by atoms with Crippen molar-refractivity contribution in [2.24, 2.45) is 0 Å². The molecule has 0 spiro atoms. The van der Waals surface area contributed by atoms with Gasteiger partial charge in [-0.1, -0.05) is 25.1 Å². The van der Waals surface area contributed by atoms with Crippen molar-refractivity contribution in [3.63, 3.8) is 0 Å². The fourth-order valence-corrected chi connectivity index (χ4v) is 3.04. The fraction of sp³-hybridized carbons (Fsp3) is 0.250. The second-order valence-electron chi connectivity index (χ2n) is 5.94. The van der Waals surface area contributed by atoms with E-state index >= 15 is 0 Å². The van der Waals surface area contributed by atoms with E-state index in [1.54, 1.807) is 34.1 Å². The number of aryl methyl sites for hydroxylation is 1. The molecule has 25 heavy (non-hydrogen) atoms. The van der Waals surface area contributed by atoms with E-state index < -0.39 is 0 Å². The highest BCUT2D eigenvalue weighted by Crippen LogP contribution is 2.20. The molecule has 0 aliphatic carbocycles. The zero-order valence-electron chi connectivity index (χ0n) is 14.1. The van der Waals surface area contributed by atoms with Crippen LogP contribution in [0.2, 0.25) is 0 Å². The van der Waals surface area contributed by atoms with E-state index in [1.165, 1.54) is 0 Å². The van der Waals surface area contributed by atoms with Crippen molar-refractivity contribution < 1.29 is 9.59 Å². The van der Waals surface area contributed by atoms with E-state index in [-0.39, 0.29) is 18.4 Å². The number of hydrogen-bond donors (Lipinski definition) is 0. The molecule has 0 unspecified atom stereocenters. The third kappa shape index (κ3) is 3.38. The van der Waals surface area contributed by atoms with Gasteiger partial charge >= 0.3 is 0 Å². The fourth-order valence-electron chi connectivity index (χ4n) is 3.04. The third-order valence-corrected chi connectivity index (χ3v) is 4.44. The Hall–Kier alpha value is -3.13. The molecule has 1 heterocycles. The number of hydrogen-bond acceptors (Lipinski definition) is 3. The van der Waals surface area contributed by atoms with Crippen LogP contribution in [0.5, 0.6) is 0 Å². The lowest BCUT2D eigenvalue weighted by Gasteiger charge is -2.34. The Kier molecular flexibility index (Phi) is 4.80. The molecule has 3 rings (SSSR count). The largest absolute Gasteiger partial charge is 0.328 e. The first-order chi connectivity index (χ1) is 12.1. The summed E-state index contributed by atoms with van der Waals surface area (Å²) in [5.41, 5.74) is 2.98. The summed E-state index contributed by atoms with van der Waals surface area (Å²) in [4.78, 5) is 28.6. The van der Waals surface area contributed by atoms with E-state index in [2.05, 4.69) is 6.07 Å². The van der Waals surface area contributed by atoms with Gasteiger partial charge in [0, 0.05) is 24.3 Å². The molecule has 5 nitrogen and oxygen atoms in total. The van der Waals surface area contributed by atoms with Gasteiger partial charge in [-0.3, -0.25) is 9.59 Å². The van der Waals surface area contributed by atoms with Gasteiger partial charge in [-0.25, -0.2) is 0 Å². The highest BCUT2D eigenvalue weighted by atomic mass is 16.2. The van der Waals surface area contributed by atoms with E-state index in [4.69, 9.17) is 5.26 Å². The van der Waals surface area contributed by atoms with Crippen LogP contribution in [-0.2, 0) is 11.2 Å². The molecular formula is C20H19N3O2. The summed E-state index contributed by atoms with van der Waals surface area (Å²) in [7, 11) is 0. The quantitative estimate of drug-likeness (QED) is 0.867. The first-order valence-electron chi connectivity index (χ1n) is 8.31. The van der Waals surface area contributed by atoms with E-state index in [0.29, 0.717) is 24.2 Å².